The molecule has 0 aliphatic carbocycles. The maximum Gasteiger partial charge on any atom is 0.306 e. The largest absolute Gasteiger partial charge is 0.462 e. The summed E-state index contributed by atoms with van der Waals surface area (Å²) < 4.78 is 54.2. The number of unbranched alkanes of at least 4 members (excludes halogenated alkanes) is 28. The van der Waals surface area contributed by atoms with E-state index in [0.29, 0.717) is 12.8 Å². The standard InChI is InChI=1S/C51H94O12S/c1-3-5-7-9-11-13-15-17-19-20-21-22-23-24-26-27-29-31-33-35-37-39-46(52)60-41-44(42-61-51-50(56)49(55)48(54)45(63-51)43-64(57,58)59)62-47(53)40-38-36-34-32-30-28-25-18-16-14-12-10-8-6-4-2/h12,14,18,25,44-45,48-51,54-56H,3-11,13,15-17,19-24,26-43H2,1-2H3,(H,57,58,59)/b14-12-,25-18-. The van der Waals surface area contributed by atoms with Gasteiger partial charge in [-0.25, -0.2) is 0 Å². The van der Waals surface area contributed by atoms with E-state index in [4.69, 9.17) is 18.9 Å². The van der Waals surface area contributed by atoms with Crippen LogP contribution in [0.25, 0.3) is 0 Å². The van der Waals surface area contributed by atoms with E-state index in [0.717, 1.165) is 64.2 Å². The molecule has 1 fully saturated rings. The van der Waals surface area contributed by atoms with E-state index in [1.54, 1.807) is 0 Å². The third-order valence-electron chi connectivity index (χ3n) is 12.0. The molecule has 6 unspecified atom stereocenters. The Bertz CT molecular complexity index is 1270. The fraction of sp³-hybridized carbons (Fsp3) is 0.882. The molecule has 1 heterocycles. The molecule has 1 aliphatic rings. The molecule has 0 bridgehead atoms. The minimum atomic E-state index is -4.60. The van der Waals surface area contributed by atoms with Gasteiger partial charge < -0.3 is 34.3 Å². The summed E-state index contributed by atoms with van der Waals surface area (Å²) in [6.07, 6.45) is 37.9. The lowest BCUT2D eigenvalue weighted by Crippen LogP contribution is -2.60. The van der Waals surface area contributed by atoms with Crippen molar-refractivity contribution in [1.82, 2.24) is 0 Å². The summed E-state index contributed by atoms with van der Waals surface area (Å²) in [4.78, 5) is 25.5. The summed E-state index contributed by atoms with van der Waals surface area (Å²) in [6.45, 7) is 3.76. The summed E-state index contributed by atoms with van der Waals surface area (Å²) >= 11 is 0. The van der Waals surface area contributed by atoms with Crippen molar-refractivity contribution < 1.29 is 56.8 Å². The average molecular weight is 931 g/mol. The van der Waals surface area contributed by atoms with Crippen molar-refractivity contribution in [3.8, 4) is 0 Å². The Morgan fingerprint density at radius 1 is 0.531 bits per heavy atom. The highest BCUT2D eigenvalue weighted by atomic mass is 32.2. The molecule has 0 amide bonds. The van der Waals surface area contributed by atoms with Gasteiger partial charge in [0.1, 0.15) is 36.8 Å². The molecular formula is C51H94O12S. The molecule has 1 aliphatic heterocycles. The van der Waals surface area contributed by atoms with Gasteiger partial charge in [-0.3, -0.25) is 14.1 Å². The maximum atomic E-state index is 12.8. The van der Waals surface area contributed by atoms with E-state index in [1.807, 2.05) is 0 Å². The lowest BCUT2D eigenvalue weighted by atomic mass is 10.00. The number of rotatable bonds is 44. The van der Waals surface area contributed by atoms with Gasteiger partial charge >= 0.3 is 11.9 Å². The Labute approximate surface area is 389 Å². The lowest BCUT2D eigenvalue weighted by Gasteiger charge is -2.40. The van der Waals surface area contributed by atoms with Crippen molar-refractivity contribution in [1.29, 1.82) is 0 Å². The van der Waals surface area contributed by atoms with Gasteiger partial charge in [0.05, 0.1) is 6.61 Å². The Morgan fingerprint density at radius 3 is 1.41 bits per heavy atom. The Morgan fingerprint density at radius 2 is 0.938 bits per heavy atom. The zero-order valence-electron chi connectivity index (χ0n) is 40.4. The molecule has 1 saturated heterocycles. The van der Waals surface area contributed by atoms with Gasteiger partial charge in [-0.1, -0.05) is 199 Å². The second kappa shape index (κ2) is 41.3. The van der Waals surface area contributed by atoms with Gasteiger partial charge in [0.15, 0.2) is 12.4 Å². The highest BCUT2D eigenvalue weighted by Gasteiger charge is 2.46. The van der Waals surface area contributed by atoms with Crippen LogP contribution in [0.1, 0.15) is 232 Å². The summed E-state index contributed by atoms with van der Waals surface area (Å²) in [5, 5.41) is 31.0. The number of allylic oxidation sites excluding steroid dienone is 4. The van der Waals surface area contributed by atoms with Gasteiger partial charge in [-0.15, -0.1) is 0 Å². The number of aliphatic hydroxyl groups is 3. The second-order valence-electron chi connectivity index (χ2n) is 18.2. The molecule has 1 rings (SSSR count). The van der Waals surface area contributed by atoms with Crippen molar-refractivity contribution in [2.75, 3.05) is 19.0 Å². The van der Waals surface area contributed by atoms with Gasteiger partial charge in [0.2, 0.25) is 0 Å². The van der Waals surface area contributed by atoms with Crippen LogP contribution in [-0.4, -0.2) is 96.0 Å². The van der Waals surface area contributed by atoms with Crippen LogP contribution in [0, 0.1) is 0 Å². The minimum absolute atomic E-state index is 0.151. The van der Waals surface area contributed by atoms with Crippen molar-refractivity contribution >= 4 is 22.1 Å². The molecule has 64 heavy (non-hydrogen) atoms. The van der Waals surface area contributed by atoms with Crippen LogP contribution in [0.4, 0.5) is 0 Å². The van der Waals surface area contributed by atoms with Crippen molar-refractivity contribution in [2.45, 2.75) is 269 Å². The average Bonchev–Trinajstić information content (AvgIpc) is 3.26. The van der Waals surface area contributed by atoms with Crippen LogP contribution in [0.3, 0.4) is 0 Å². The summed E-state index contributed by atoms with van der Waals surface area (Å²) in [5.74, 6) is -1.99. The molecule has 0 aromatic rings. The third kappa shape index (κ3) is 35.3. The molecule has 12 nitrogen and oxygen atoms in total. The Kier molecular flexibility index (Phi) is 38.8. The zero-order chi connectivity index (χ0) is 46.9. The summed E-state index contributed by atoms with van der Waals surface area (Å²) in [5.41, 5.74) is 0. The highest BCUT2D eigenvalue weighted by molar-refractivity contribution is 7.85. The second-order valence-corrected chi connectivity index (χ2v) is 19.7. The smallest absolute Gasteiger partial charge is 0.306 e. The quantitative estimate of drug-likeness (QED) is 0.0196. The number of carbonyl (C=O) groups is 2. The van der Waals surface area contributed by atoms with Crippen molar-refractivity contribution in [3.63, 3.8) is 0 Å². The van der Waals surface area contributed by atoms with Crippen LogP contribution in [-0.2, 0) is 38.7 Å². The topological polar surface area (TPSA) is 186 Å². The predicted molar refractivity (Wildman–Crippen MR) is 256 cm³/mol. The van der Waals surface area contributed by atoms with E-state index < -0.39 is 71.2 Å². The van der Waals surface area contributed by atoms with E-state index in [9.17, 15) is 37.9 Å². The first-order chi connectivity index (χ1) is 31.0. The van der Waals surface area contributed by atoms with Gasteiger partial charge in [-0.05, 0) is 44.9 Å². The molecule has 4 N–H and O–H groups in total. The number of hydrogen-bond donors (Lipinski definition) is 4. The number of carbonyl (C=O) groups excluding carboxylic acids is 2. The number of esters is 2. The van der Waals surface area contributed by atoms with Crippen LogP contribution >= 0.6 is 0 Å². The highest BCUT2D eigenvalue weighted by Crippen LogP contribution is 2.24. The van der Waals surface area contributed by atoms with Gasteiger partial charge in [0.25, 0.3) is 10.1 Å². The fourth-order valence-electron chi connectivity index (χ4n) is 8.00. The molecule has 0 spiro atoms. The van der Waals surface area contributed by atoms with Crippen LogP contribution < -0.4 is 0 Å². The minimum Gasteiger partial charge on any atom is -0.462 e. The molecule has 0 aromatic heterocycles. The number of hydrogen-bond acceptors (Lipinski definition) is 11. The number of ether oxygens (including phenoxy) is 4. The van der Waals surface area contributed by atoms with Crippen molar-refractivity contribution in [3.05, 3.63) is 24.3 Å². The summed E-state index contributed by atoms with van der Waals surface area (Å²) in [6, 6.07) is 0. The molecule has 376 valence electrons. The molecule has 13 heteroatoms. The van der Waals surface area contributed by atoms with Crippen molar-refractivity contribution in [2.24, 2.45) is 0 Å². The third-order valence-corrected chi connectivity index (χ3v) is 12.8. The van der Waals surface area contributed by atoms with E-state index in [1.165, 1.54) is 128 Å². The molecule has 6 atom stereocenters. The normalized spacial score (nSPS) is 19.8. The van der Waals surface area contributed by atoms with E-state index in [2.05, 4.69) is 38.2 Å². The molecule has 0 aromatic carbocycles. The van der Waals surface area contributed by atoms with Crippen LogP contribution in [0.2, 0.25) is 0 Å². The first-order valence-corrected chi connectivity index (χ1v) is 27.5. The molecule has 0 saturated carbocycles. The Balaban J connectivity index is 2.35. The van der Waals surface area contributed by atoms with Gasteiger partial charge in [-0.2, -0.15) is 8.42 Å². The summed E-state index contributed by atoms with van der Waals surface area (Å²) in [7, 11) is -4.60. The van der Waals surface area contributed by atoms with Gasteiger partial charge in [0, 0.05) is 12.8 Å². The first kappa shape index (κ1) is 60.1. The monoisotopic (exact) mass is 931 g/mol. The van der Waals surface area contributed by atoms with E-state index >= 15 is 0 Å². The maximum absolute atomic E-state index is 12.8. The van der Waals surface area contributed by atoms with Crippen LogP contribution in [0.15, 0.2) is 24.3 Å². The predicted octanol–water partition coefficient (Wildman–Crippen LogP) is 11.6. The molecular weight excluding hydrogens is 837 g/mol. The number of aliphatic hydroxyl groups excluding tert-OH is 3. The van der Waals surface area contributed by atoms with Crippen LogP contribution in [0.5, 0.6) is 0 Å². The fourth-order valence-corrected chi connectivity index (χ4v) is 8.69. The molecule has 0 radical (unpaired) electrons. The van der Waals surface area contributed by atoms with E-state index in [-0.39, 0.29) is 19.4 Å². The lowest BCUT2D eigenvalue weighted by molar-refractivity contribution is -0.297. The first-order valence-electron chi connectivity index (χ1n) is 25.9. The Hall–Kier alpha value is -1.87. The SMILES string of the molecule is CCCCC/C=C\C/C=C\CCCCCCCC(=O)OC(COC(=O)CCCCCCCCCCCCCCCCCCCCCCC)COC1OC(CS(=O)(=O)O)C(O)C(O)C1O. The zero-order valence-corrected chi connectivity index (χ0v) is 41.2.